The maximum Gasteiger partial charge on any atom is 0.255 e. The molecule has 0 bridgehead atoms. The lowest BCUT2D eigenvalue weighted by molar-refractivity contribution is 0.0380. The third-order valence-electron chi connectivity index (χ3n) is 2.51. The molecule has 20 heavy (non-hydrogen) atoms. The predicted octanol–water partition coefficient (Wildman–Crippen LogP) is -0.529. The zero-order valence-corrected chi connectivity index (χ0v) is 11.7. The van der Waals surface area contributed by atoms with E-state index in [1.54, 1.807) is 19.3 Å². The van der Waals surface area contributed by atoms with Crippen molar-refractivity contribution < 1.29 is 14.6 Å². The number of ether oxygens (including phenoxy) is 1. The Kier molecular flexibility index (Phi) is 6.67. The summed E-state index contributed by atoms with van der Waals surface area (Å²) in [7, 11) is 3.11. The molecule has 1 aromatic heterocycles. The molecule has 1 heterocycles. The van der Waals surface area contributed by atoms with Crippen molar-refractivity contribution in [3.63, 3.8) is 0 Å². The number of hydrogen-bond acceptors (Lipinski definition) is 5. The van der Waals surface area contributed by atoms with E-state index in [0.29, 0.717) is 11.1 Å². The van der Waals surface area contributed by atoms with Gasteiger partial charge < -0.3 is 20.5 Å². The molecule has 0 fully saturated rings. The first-order valence-electron chi connectivity index (χ1n) is 6.15. The van der Waals surface area contributed by atoms with Crippen molar-refractivity contribution in [3.05, 3.63) is 29.6 Å². The van der Waals surface area contributed by atoms with Crippen molar-refractivity contribution in [2.45, 2.75) is 6.10 Å². The first-order valence-corrected chi connectivity index (χ1v) is 6.15. The third-order valence-corrected chi connectivity index (χ3v) is 2.51. The van der Waals surface area contributed by atoms with E-state index >= 15 is 0 Å². The van der Waals surface area contributed by atoms with E-state index in [1.165, 1.54) is 18.2 Å². The van der Waals surface area contributed by atoms with E-state index < -0.39 is 6.10 Å². The summed E-state index contributed by atoms with van der Waals surface area (Å²) in [5, 5.41) is 9.62. The summed E-state index contributed by atoms with van der Waals surface area (Å²) >= 11 is 0. The molecular formula is C14H19N3O3. The van der Waals surface area contributed by atoms with Gasteiger partial charge in [-0.05, 0) is 6.07 Å². The Morgan fingerprint density at radius 1 is 1.60 bits per heavy atom. The van der Waals surface area contributed by atoms with Gasteiger partial charge in [-0.25, -0.2) is 0 Å². The molecule has 1 amide bonds. The van der Waals surface area contributed by atoms with E-state index in [2.05, 4.69) is 16.8 Å². The third kappa shape index (κ3) is 4.97. The molecule has 6 nitrogen and oxygen atoms in total. The summed E-state index contributed by atoms with van der Waals surface area (Å²) in [4.78, 5) is 17.6. The topological polar surface area (TPSA) is 88.7 Å². The Labute approximate surface area is 118 Å². The van der Waals surface area contributed by atoms with E-state index in [4.69, 9.17) is 10.5 Å². The van der Waals surface area contributed by atoms with Crippen LogP contribution in [0.25, 0.3) is 0 Å². The van der Waals surface area contributed by atoms with Gasteiger partial charge in [0.05, 0.1) is 24.8 Å². The van der Waals surface area contributed by atoms with Crippen LogP contribution in [-0.4, -0.2) is 60.9 Å². The van der Waals surface area contributed by atoms with Gasteiger partial charge in [0.15, 0.2) is 0 Å². The highest BCUT2D eigenvalue weighted by atomic mass is 16.5. The summed E-state index contributed by atoms with van der Waals surface area (Å²) in [6, 6.07) is 1.65. The van der Waals surface area contributed by atoms with Crippen LogP contribution in [0.5, 0.6) is 0 Å². The number of nitrogens with two attached hydrogens (primary N) is 1. The molecule has 6 heteroatoms. The maximum atomic E-state index is 12.2. The minimum Gasteiger partial charge on any atom is -0.389 e. The van der Waals surface area contributed by atoms with Gasteiger partial charge >= 0.3 is 0 Å². The lowest BCUT2D eigenvalue weighted by atomic mass is 10.2. The van der Waals surface area contributed by atoms with Gasteiger partial charge in [-0.3, -0.25) is 9.78 Å². The Morgan fingerprint density at radius 2 is 2.35 bits per heavy atom. The van der Waals surface area contributed by atoms with Crippen molar-refractivity contribution in [2.24, 2.45) is 5.73 Å². The first kappa shape index (κ1) is 16.1. The van der Waals surface area contributed by atoms with Crippen LogP contribution in [0, 0.1) is 11.8 Å². The number of pyridine rings is 1. The number of methoxy groups -OCH3 is 1. The number of nitrogens with zero attached hydrogens (tertiary/aromatic N) is 2. The van der Waals surface area contributed by atoms with Gasteiger partial charge in [0.2, 0.25) is 0 Å². The zero-order valence-electron chi connectivity index (χ0n) is 11.7. The quantitative estimate of drug-likeness (QED) is 0.706. The number of hydrogen-bond donors (Lipinski definition) is 2. The van der Waals surface area contributed by atoms with Crippen LogP contribution in [0.4, 0.5) is 0 Å². The molecule has 0 radical (unpaired) electrons. The molecule has 0 aliphatic heterocycles. The molecule has 0 aliphatic carbocycles. The van der Waals surface area contributed by atoms with Crippen LogP contribution in [0.3, 0.4) is 0 Å². The Morgan fingerprint density at radius 3 is 3.00 bits per heavy atom. The average molecular weight is 277 g/mol. The lowest BCUT2D eigenvalue weighted by Gasteiger charge is -2.20. The Hall–Kier alpha value is -1.94. The number of aromatic nitrogens is 1. The van der Waals surface area contributed by atoms with Gasteiger partial charge in [0.1, 0.15) is 0 Å². The highest BCUT2D eigenvalue weighted by molar-refractivity contribution is 5.94. The second-order valence-electron chi connectivity index (χ2n) is 4.26. The van der Waals surface area contributed by atoms with Crippen molar-refractivity contribution in [1.29, 1.82) is 0 Å². The number of aliphatic hydroxyl groups is 1. The molecule has 3 N–H and O–H groups in total. The first-order chi connectivity index (χ1) is 9.58. The molecule has 0 spiro atoms. The zero-order chi connectivity index (χ0) is 15.0. The molecule has 1 rings (SSSR count). The molecule has 108 valence electrons. The molecule has 0 aliphatic rings. The number of likely N-dealkylation sites (N-methyl/N-ethyl adjacent to an activating group) is 1. The Balaban J connectivity index is 2.76. The van der Waals surface area contributed by atoms with E-state index in [0.717, 1.165) is 0 Å². The van der Waals surface area contributed by atoms with Gasteiger partial charge in [-0.1, -0.05) is 11.8 Å². The fourth-order valence-electron chi connectivity index (χ4n) is 1.64. The lowest BCUT2D eigenvalue weighted by Crippen LogP contribution is -2.36. The van der Waals surface area contributed by atoms with Crippen molar-refractivity contribution in [2.75, 3.05) is 33.9 Å². The van der Waals surface area contributed by atoms with Crippen LogP contribution in [0.1, 0.15) is 15.9 Å². The summed E-state index contributed by atoms with van der Waals surface area (Å²) in [5.41, 5.74) is 6.35. The number of rotatable bonds is 5. The van der Waals surface area contributed by atoms with Gasteiger partial charge in [0.25, 0.3) is 5.91 Å². The minimum absolute atomic E-state index is 0.178. The molecule has 0 saturated carbocycles. The summed E-state index contributed by atoms with van der Waals surface area (Å²) in [6.07, 6.45) is 2.32. The van der Waals surface area contributed by atoms with Crippen molar-refractivity contribution in [1.82, 2.24) is 9.88 Å². The molecule has 1 unspecified atom stereocenters. The minimum atomic E-state index is -0.720. The van der Waals surface area contributed by atoms with Gasteiger partial charge in [0, 0.05) is 38.7 Å². The summed E-state index contributed by atoms with van der Waals surface area (Å²) in [6.45, 7) is 0.616. The average Bonchev–Trinajstić information content (AvgIpc) is 2.44. The molecule has 0 aromatic carbocycles. The number of carbonyl (C=O) groups excluding carboxylic acids is 1. The SMILES string of the molecule is COCC(O)CN(C)C(=O)c1cncc(C#CCN)c1. The molecular weight excluding hydrogens is 258 g/mol. The molecule has 0 saturated heterocycles. The number of amides is 1. The number of aliphatic hydroxyl groups excluding tert-OH is 1. The van der Waals surface area contributed by atoms with E-state index in [9.17, 15) is 9.90 Å². The highest BCUT2D eigenvalue weighted by Crippen LogP contribution is 2.05. The second kappa shape index (κ2) is 8.27. The van der Waals surface area contributed by atoms with Crippen LogP contribution in [0.2, 0.25) is 0 Å². The number of carbonyl (C=O) groups is 1. The van der Waals surface area contributed by atoms with Crippen molar-refractivity contribution >= 4 is 5.91 Å². The Bertz CT molecular complexity index is 508. The van der Waals surface area contributed by atoms with Crippen LogP contribution < -0.4 is 5.73 Å². The fraction of sp³-hybridized carbons (Fsp3) is 0.429. The summed E-state index contributed by atoms with van der Waals surface area (Å²) < 4.78 is 4.82. The normalized spacial score (nSPS) is 11.4. The van der Waals surface area contributed by atoms with Crippen LogP contribution in [-0.2, 0) is 4.74 Å². The van der Waals surface area contributed by atoms with Gasteiger partial charge in [-0.2, -0.15) is 0 Å². The molecule has 1 aromatic rings. The summed E-state index contributed by atoms with van der Waals surface area (Å²) in [5.74, 6) is 5.29. The van der Waals surface area contributed by atoms with Crippen molar-refractivity contribution in [3.8, 4) is 11.8 Å². The maximum absolute atomic E-state index is 12.2. The largest absolute Gasteiger partial charge is 0.389 e. The van der Waals surface area contributed by atoms with Crippen LogP contribution >= 0.6 is 0 Å². The predicted molar refractivity (Wildman–Crippen MR) is 75.0 cm³/mol. The molecule has 1 atom stereocenters. The van der Waals surface area contributed by atoms with Gasteiger partial charge in [-0.15, -0.1) is 0 Å². The monoisotopic (exact) mass is 277 g/mol. The second-order valence-corrected chi connectivity index (χ2v) is 4.26. The van der Waals surface area contributed by atoms with Crippen LogP contribution in [0.15, 0.2) is 18.5 Å². The highest BCUT2D eigenvalue weighted by Gasteiger charge is 2.15. The standard InChI is InChI=1S/C14H19N3O3/c1-17(9-13(18)10-20-2)14(19)12-6-11(4-3-5-15)7-16-8-12/h6-8,13,18H,5,9-10,15H2,1-2H3. The van der Waals surface area contributed by atoms with E-state index in [1.807, 2.05) is 0 Å². The fourth-order valence-corrected chi connectivity index (χ4v) is 1.64. The smallest absolute Gasteiger partial charge is 0.255 e. The van der Waals surface area contributed by atoms with E-state index in [-0.39, 0.29) is 25.6 Å².